The first kappa shape index (κ1) is 12.4. The van der Waals surface area contributed by atoms with Crippen molar-refractivity contribution in [3.8, 4) is 6.07 Å². The Hall–Kier alpha value is -2.09. The Morgan fingerprint density at radius 1 is 1.56 bits per heavy atom. The second kappa shape index (κ2) is 4.65. The van der Waals surface area contributed by atoms with Crippen LogP contribution in [0.2, 0.25) is 0 Å². The number of hydrogen-bond acceptors (Lipinski definition) is 4. The van der Waals surface area contributed by atoms with Crippen LogP contribution in [0.25, 0.3) is 0 Å². The van der Waals surface area contributed by atoms with Crippen LogP contribution in [-0.2, 0) is 4.79 Å². The Morgan fingerprint density at radius 2 is 2.28 bits per heavy atom. The van der Waals surface area contributed by atoms with Gasteiger partial charge in [0.2, 0.25) is 0 Å². The van der Waals surface area contributed by atoms with Gasteiger partial charge in [-0.1, -0.05) is 6.92 Å². The van der Waals surface area contributed by atoms with Gasteiger partial charge < -0.3 is 10.0 Å². The van der Waals surface area contributed by atoms with Crippen LogP contribution in [0.3, 0.4) is 0 Å². The fourth-order valence-corrected chi connectivity index (χ4v) is 2.33. The molecule has 0 radical (unpaired) electrons. The first-order valence-corrected chi connectivity index (χ1v) is 5.88. The molecule has 0 saturated carbocycles. The number of carbonyl (C=O) groups is 1. The van der Waals surface area contributed by atoms with Crippen molar-refractivity contribution in [2.24, 2.45) is 11.8 Å². The van der Waals surface area contributed by atoms with Crippen LogP contribution in [0.1, 0.15) is 18.2 Å². The third kappa shape index (κ3) is 2.14. The minimum absolute atomic E-state index is 0.0661. The molecule has 2 rings (SSSR count). The molecule has 1 aliphatic rings. The highest BCUT2D eigenvalue weighted by Crippen LogP contribution is 2.29. The number of hydrogen-bond donors (Lipinski definition) is 1. The van der Waals surface area contributed by atoms with Crippen molar-refractivity contribution in [2.75, 3.05) is 18.0 Å². The standard InChI is InChI=1S/C13H15N3O2/c1-8-6-16(7-11(8)13(17)18)12-10(5-14)4-3-9(2)15-12/h3-4,8,11H,6-7H2,1-2H3,(H,17,18). The molecule has 5 nitrogen and oxygen atoms in total. The average molecular weight is 245 g/mol. The Balaban J connectivity index is 2.32. The van der Waals surface area contributed by atoms with Crippen molar-refractivity contribution in [2.45, 2.75) is 13.8 Å². The maximum atomic E-state index is 11.1. The van der Waals surface area contributed by atoms with Crippen LogP contribution in [-0.4, -0.2) is 29.1 Å². The number of anilines is 1. The first-order chi connectivity index (χ1) is 8.52. The van der Waals surface area contributed by atoms with E-state index in [0.717, 1.165) is 5.69 Å². The maximum absolute atomic E-state index is 11.1. The molecule has 0 amide bonds. The van der Waals surface area contributed by atoms with E-state index < -0.39 is 5.97 Å². The number of carboxylic acids is 1. The van der Waals surface area contributed by atoms with Crippen LogP contribution < -0.4 is 4.90 Å². The molecule has 2 unspecified atom stereocenters. The van der Waals surface area contributed by atoms with E-state index in [-0.39, 0.29) is 11.8 Å². The smallest absolute Gasteiger partial charge is 0.308 e. The second-order valence-corrected chi connectivity index (χ2v) is 4.76. The predicted octanol–water partition coefficient (Wildman–Crippen LogP) is 1.42. The summed E-state index contributed by atoms with van der Waals surface area (Å²) in [6.45, 7) is 4.82. The molecule has 18 heavy (non-hydrogen) atoms. The Morgan fingerprint density at radius 3 is 2.83 bits per heavy atom. The summed E-state index contributed by atoms with van der Waals surface area (Å²) in [6.07, 6.45) is 0. The molecule has 0 spiro atoms. The van der Waals surface area contributed by atoms with Gasteiger partial charge in [0.25, 0.3) is 0 Å². The fraction of sp³-hybridized carbons (Fsp3) is 0.462. The lowest BCUT2D eigenvalue weighted by atomic mass is 9.99. The van der Waals surface area contributed by atoms with Crippen molar-refractivity contribution in [1.82, 2.24) is 4.98 Å². The lowest BCUT2D eigenvalue weighted by Crippen LogP contribution is -2.24. The van der Waals surface area contributed by atoms with E-state index in [9.17, 15) is 4.79 Å². The van der Waals surface area contributed by atoms with Crippen LogP contribution in [0, 0.1) is 30.1 Å². The van der Waals surface area contributed by atoms with E-state index in [1.54, 1.807) is 12.1 Å². The largest absolute Gasteiger partial charge is 0.481 e. The van der Waals surface area contributed by atoms with Gasteiger partial charge in [-0.15, -0.1) is 0 Å². The van der Waals surface area contributed by atoms with Crippen molar-refractivity contribution in [1.29, 1.82) is 5.26 Å². The summed E-state index contributed by atoms with van der Waals surface area (Å²) in [5.74, 6) is -0.500. The van der Waals surface area contributed by atoms with Gasteiger partial charge in [0, 0.05) is 18.8 Å². The van der Waals surface area contributed by atoms with E-state index in [2.05, 4.69) is 11.1 Å². The van der Waals surface area contributed by atoms with Crippen LogP contribution in [0.15, 0.2) is 12.1 Å². The molecule has 1 N–H and O–H groups in total. The summed E-state index contributed by atoms with van der Waals surface area (Å²) in [5, 5.41) is 18.2. The number of aryl methyl sites for hydroxylation is 1. The molecule has 1 aromatic rings. The Bertz CT molecular complexity index is 521. The van der Waals surface area contributed by atoms with Gasteiger partial charge in [-0.05, 0) is 25.0 Å². The molecule has 2 heterocycles. The van der Waals surface area contributed by atoms with Crippen LogP contribution in [0.5, 0.6) is 0 Å². The van der Waals surface area contributed by atoms with Crippen molar-refractivity contribution in [3.05, 3.63) is 23.4 Å². The number of aliphatic carboxylic acids is 1. The normalized spacial score (nSPS) is 22.8. The predicted molar refractivity (Wildman–Crippen MR) is 66.2 cm³/mol. The highest BCUT2D eigenvalue weighted by Gasteiger charge is 2.36. The van der Waals surface area contributed by atoms with Gasteiger partial charge >= 0.3 is 5.97 Å². The first-order valence-electron chi connectivity index (χ1n) is 5.88. The SMILES string of the molecule is Cc1ccc(C#N)c(N2CC(C)C(C(=O)O)C2)n1. The van der Waals surface area contributed by atoms with E-state index in [0.29, 0.717) is 24.5 Å². The molecule has 1 aromatic heterocycles. The second-order valence-electron chi connectivity index (χ2n) is 4.76. The van der Waals surface area contributed by atoms with E-state index in [1.165, 1.54) is 0 Å². The van der Waals surface area contributed by atoms with Gasteiger partial charge in [0.15, 0.2) is 0 Å². The molecule has 94 valence electrons. The molecule has 1 fully saturated rings. The van der Waals surface area contributed by atoms with Gasteiger partial charge in [-0.2, -0.15) is 5.26 Å². The minimum atomic E-state index is -0.781. The molecular formula is C13H15N3O2. The molecule has 2 atom stereocenters. The maximum Gasteiger partial charge on any atom is 0.308 e. The summed E-state index contributed by atoms with van der Waals surface area (Å²) >= 11 is 0. The van der Waals surface area contributed by atoms with Crippen molar-refractivity contribution < 1.29 is 9.90 Å². The Kier molecular flexibility index (Phi) is 3.19. The number of nitriles is 1. The van der Waals surface area contributed by atoms with Gasteiger partial charge in [-0.3, -0.25) is 4.79 Å². The number of nitrogens with zero attached hydrogens (tertiary/aromatic N) is 3. The molecule has 0 aliphatic carbocycles. The highest BCUT2D eigenvalue weighted by molar-refractivity contribution is 5.72. The van der Waals surface area contributed by atoms with Crippen molar-refractivity contribution in [3.63, 3.8) is 0 Å². The van der Waals surface area contributed by atoms with Gasteiger partial charge in [0.1, 0.15) is 11.9 Å². The van der Waals surface area contributed by atoms with Gasteiger partial charge in [0.05, 0.1) is 11.5 Å². The number of carboxylic acid groups (broad SMARTS) is 1. The molecule has 5 heteroatoms. The lowest BCUT2D eigenvalue weighted by Gasteiger charge is -2.18. The fourth-order valence-electron chi connectivity index (χ4n) is 2.33. The third-order valence-corrected chi connectivity index (χ3v) is 3.36. The monoisotopic (exact) mass is 245 g/mol. The van der Waals surface area contributed by atoms with Crippen molar-refractivity contribution >= 4 is 11.8 Å². The zero-order chi connectivity index (χ0) is 13.3. The number of rotatable bonds is 2. The molecule has 1 saturated heterocycles. The number of aromatic nitrogens is 1. The molecular weight excluding hydrogens is 230 g/mol. The summed E-state index contributed by atoms with van der Waals surface area (Å²) in [5.41, 5.74) is 1.33. The summed E-state index contributed by atoms with van der Waals surface area (Å²) in [6, 6.07) is 5.63. The van der Waals surface area contributed by atoms with E-state index in [1.807, 2.05) is 18.7 Å². The third-order valence-electron chi connectivity index (χ3n) is 3.36. The van der Waals surface area contributed by atoms with E-state index >= 15 is 0 Å². The molecule has 0 bridgehead atoms. The summed E-state index contributed by atoms with van der Waals surface area (Å²) < 4.78 is 0. The lowest BCUT2D eigenvalue weighted by molar-refractivity contribution is -0.142. The van der Waals surface area contributed by atoms with E-state index in [4.69, 9.17) is 10.4 Å². The average Bonchev–Trinajstić information content (AvgIpc) is 2.71. The topological polar surface area (TPSA) is 77.2 Å². The van der Waals surface area contributed by atoms with Crippen LogP contribution >= 0.6 is 0 Å². The molecule has 0 aromatic carbocycles. The zero-order valence-electron chi connectivity index (χ0n) is 10.4. The highest BCUT2D eigenvalue weighted by atomic mass is 16.4. The van der Waals surface area contributed by atoms with Gasteiger partial charge in [-0.25, -0.2) is 4.98 Å². The van der Waals surface area contributed by atoms with Crippen LogP contribution in [0.4, 0.5) is 5.82 Å². The zero-order valence-corrected chi connectivity index (χ0v) is 10.4. The molecule has 1 aliphatic heterocycles. The minimum Gasteiger partial charge on any atom is -0.481 e. The summed E-state index contributed by atoms with van der Waals surface area (Å²) in [4.78, 5) is 17.4. The Labute approximate surface area is 106 Å². The summed E-state index contributed by atoms with van der Waals surface area (Å²) in [7, 11) is 0. The number of pyridine rings is 1. The quantitative estimate of drug-likeness (QED) is 0.852.